The highest BCUT2D eigenvalue weighted by molar-refractivity contribution is 5.03. The lowest BCUT2D eigenvalue weighted by Crippen LogP contribution is -2.25. The summed E-state index contributed by atoms with van der Waals surface area (Å²) in [6, 6.07) is 0.194. The average molecular weight is 291 g/mol. The van der Waals surface area contributed by atoms with Gasteiger partial charge in [-0.15, -0.1) is 0 Å². The van der Waals surface area contributed by atoms with E-state index in [2.05, 4.69) is 38.9 Å². The van der Waals surface area contributed by atoms with Gasteiger partial charge in [0.05, 0.1) is 18.7 Å². The van der Waals surface area contributed by atoms with Crippen LogP contribution in [0.5, 0.6) is 0 Å². The van der Waals surface area contributed by atoms with Crippen LogP contribution in [0, 0.1) is 0 Å². The molecule has 0 aromatic carbocycles. The molecule has 0 saturated carbocycles. The largest absolute Gasteiger partial charge is 0.380 e. The van der Waals surface area contributed by atoms with Gasteiger partial charge in [0.2, 0.25) is 5.89 Å². The van der Waals surface area contributed by atoms with Gasteiger partial charge in [-0.05, 0) is 6.42 Å². The van der Waals surface area contributed by atoms with Crippen molar-refractivity contribution in [3.8, 4) is 0 Å². The van der Waals surface area contributed by atoms with Crippen molar-refractivity contribution < 1.29 is 9.26 Å². The second-order valence-electron chi connectivity index (χ2n) is 5.71. The Morgan fingerprint density at radius 3 is 3.00 bits per heavy atom. The van der Waals surface area contributed by atoms with Crippen molar-refractivity contribution in [1.82, 2.24) is 25.0 Å². The quantitative estimate of drug-likeness (QED) is 0.906. The Morgan fingerprint density at radius 2 is 2.38 bits per heavy atom. The second kappa shape index (κ2) is 5.95. The van der Waals surface area contributed by atoms with Crippen LogP contribution in [0.4, 0.5) is 0 Å². The molecule has 0 aliphatic carbocycles. The van der Waals surface area contributed by atoms with E-state index in [0.29, 0.717) is 12.4 Å². The highest BCUT2D eigenvalue weighted by Gasteiger charge is 2.35. The molecule has 0 bridgehead atoms. The van der Waals surface area contributed by atoms with E-state index in [0.717, 1.165) is 24.6 Å². The van der Waals surface area contributed by atoms with Crippen LogP contribution in [-0.2, 0) is 11.3 Å². The van der Waals surface area contributed by atoms with Gasteiger partial charge in [-0.3, -0.25) is 4.90 Å². The standard InChI is InChI=1S/C14H21N5O2/c1-9(2)13-17-12(21-18-13)8-19-7-10(20-3)6-11(19)14-15-4-5-16-14/h4-5,9-11H,6-8H2,1-3H3,(H,15,16)/t10-,11?/m1/s1. The monoisotopic (exact) mass is 291 g/mol. The Kier molecular flexibility index (Phi) is 4.03. The summed E-state index contributed by atoms with van der Waals surface area (Å²) in [4.78, 5) is 14.3. The fourth-order valence-electron chi connectivity index (χ4n) is 2.69. The van der Waals surface area contributed by atoms with Crippen molar-refractivity contribution in [2.24, 2.45) is 0 Å². The number of methoxy groups -OCH3 is 1. The van der Waals surface area contributed by atoms with E-state index < -0.39 is 0 Å². The minimum atomic E-state index is 0.194. The summed E-state index contributed by atoms with van der Waals surface area (Å²) in [6.45, 7) is 5.56. The molecule has 21 heavy (non-hydrogen) atoms. The van der Waals surface area contributed by atoms with E-state index in [-0.39, 0.29) is 18.1 Å². The highest BCUT2D eigenvalue weighted by atomic mass is 16.5. The Hall–Kier alpha value is -1.73. The maximum absolute atomic E-state index is 5.50. The van der Waals surface area contributed by atoms with Crippen molar-refractivity contribution in [2.75, 3.05) is 13.7 Å². The van der Waals surface area contributed by atoms with Crippen LogP contribution in [0.15, 0.2) is 16.9 Å². The smallest absolute Gasteiger partial charge is 0.240 e. The van der Waals surface area contributed by atoms with Gasteiger partial charge in [0.1, 0.15) is 5.82 Å². The predicted molar refractivity (Wildman–Crippen MR) is 75.5 cm³/mol. The van der Waals surface area contributed by atoms with E-state index in [9.17, 15) is 0 Å². The number of aromatic amines is 1. The summed E-state index contributed by atoms with van der Waals surface area (Å²) in [5.41, 5.74) is 0. The summed E-state index contributed by atoms with van der Waals surface area (Å²) in [7, 11) is 1.75. The number of nitrogens with zero attached hydrogens (tertiary/aromatic N) is 4. The normalized spacial score (nSPS) is 23.2. The maximum Gasteiger partial charge on any atom is 0.240 e. The van der Waals surface area contributed by atoms with Crippen LogP contribution in [0.2, 0.25) is 0 Å². The van der Waals surface area contributed by atoms with Gasteiger partial charge < -0.3 is 14.2 Å². The summed E-state index contributed by atoms with van der Waals surface area (Å²) in [5.74, 6) is 2.63. The van der Waals surface area contributed by atoms with E-state index in [1.54, 1.807) is 13.3 Å². The molecule has 7 nitrogen and oxygen atoms in total. The lowest BCUT2D eigenvalue weighted by Gasteiger charge is -2.20. The fraction of sp³-hybridized carbons (Fsp3) is 0.643. The highest BCUT2D eigenvalue weighted by Crippen LogP contribution is 2.32. The van der Waals surface area contributed by atoms with Crippen LogP contribution in [-0.4, -0.2) is 44.8 Å². The number of imidazole rings is 1. The molecular formula is C14H21N5O2. The summed E-state index contributed by atoms with van der Waals surface area (Å²) < 4.78 is 10.8. The molecule has 1 unspecified atom stereocenters. The van der Waals surface area contributed by atoms with E-state index in [1.807, 2.05) is 6.20 Å². The lowest BCUT2D eigenvalue weighted by molar-refractivity contribution is 0.105. The van der Waals surface area contributed by atoms with Gasteiger partial charge in [0.15, 0.2) is 5.82 Å². The molecule has 7 heteroatoms. The summed E-state index contributed by atoms with van der Waals surface area (Å²) >= 11 is 0. The molecule has 114 valence electrons. The molecule has 0 radical (unpaired) electrons. The van der Waals surface area contributed by atoms with Crippen molar-refractivity contribution in [1.29, 1.82) is 0 Å². The summed E-state index contributed by atoms with van der Waals surface area (Å²) in [5, 5.41) is 4.02. The third kappa shape index (κ3) is 2.98. The number of hydrogen-bond donors (Lipinski definition) is 1. The molecular weight excluding hydrogens is 270 g/mol. The predicted octanol–water partition coefficient (Wildman–Crippen LogP) is 1.88. The number of nitrogens with one attached hydrogen (secondary N) is 1. The van der Waals surface area contributed by atoms with Gasteiger partial charge in [-0.25, -0.2) is 4.98 Å². The molecule has 3 heterocycles. The summed E-state index contributed by atoms with van der Waals surface area (Å²) in [6.07, 6.45) is 4.73. The third-order valence-corrected chi connectivity index (χ3v) is 3.87. The lowest BCUT2D eigenvalue weighted by atomic mass is 10.2. The van der Waals surface area contributed by atoms with Gasteiger partial charge in [-0.1, -0.05) is 19.0 Å². The van der Waals surface area contributed by atoms with Crippen molar-refractivity contribution in [3.05, 3.63) is 29.9 Å². The zero-order valence-electron chi connectivity index (χ0n) is 12.6. The van der Waals surface area contributed by atoms with Crippen molar-refractivity contribution in [2.45, 2.75) is 44.9 Å². The van der Waals surface area contributed by atoms with E-state index >= 15 is 0 Å². The molecule has 3 rings (SSSR count). The Morgan fingerprint density at radius 1 is 1.52 bits per heavy atom. The van der Waals surface area contributed by atoms with Crippen LogP contribution in [0.3, 0.4) is 0 Å². The molecule has 2 aromatic rings. The van der Waals surface area contributed by atoms with Gasteiger partial charge in [0.25, 0.3) is 0 Å². The molecule has 1 aliphatic rings. The molecule has 1 fully saturated rings. The van der Waals surface area contributed by atoms with Crippen LogP contribution in [0.25, 0.3) is 0 Å². The molecule has 0 amide bonds. The van der Waals surface area contributed by atoms with Gasteiger partial charge >= 0.3 is 0 Å². The Labute approximate surface area is 123 Å². The molecule has 0 spiro atoms. The van der Waals surface area contributed by atoms with Gasteiger partial charge in [-0.2, -0.15) is 4.98 Å². The average Bonchev–Trinajstić information content (AvgIpc) is 3.18. The first-order valence-corrected chi connectivity index (χ1v) is 7.26. The first-order chi connectivity index (χ1) is 10.2. The zero-order valence-corrected chi connectivity index (χ0v) is 12.6. The molecule has 2 atom stereocenters. The van der Waals surface area contributed by atoms with Crippen molar-refractivity contribution >= 4 is 0 Å². The number of H-pyrrole nitrogens is 1. The maximum atomic E-state index is 5.50. The SMILES string of the molecule is CO[C@@H]1CC(c2ncc[nH]2)N(Cc2nc(C(C)C)no2)C1. The topological polar surface area (TPSA) is 80.1 Å². The number of rotatable bonds is 5. The third-order valence-electron chi connectivity index (χ3n) is 3.87. The Balaban J connectivity index is 1.75. The van der Waals surface area contributed by atoms with Gasteiger partial charge in [0, 0.05) is 32.0 Å². The van der Waals surface area contributed by atoms with E-state index in [1.165, 1.54) is 0 Å². The number of hydrogen-bond acceptors (Lipinski definition) is 6. The molecule has 1 N–H and O–H groups in total. The number of aromatic nitrogens is 4. The van der Waals surface area contributed by atoms with Crippen LogP contribution >= 0.6 is 0 Å². The van der Waals surface area contributed by atoms with Crippen LogP contribution in [0.1, 0.15) is 49.8 Å². The number of ether oxygens (including phenoxy) is 1. The molecule has 2 aromatic heterocycles. The number of likely N-dealkylation sites (tertiary alicyclic amines) is 1. The first-order valence-electron chi connectivity index (χ1n) is 7.26. The first kappa shape index (κ1) is 14.2. The van der Waals surface area contributed by atoms with E-state index in [4.69, 9.17) is 9.26 Å². The van der Waals surface area contributed by atoms with Crippen molar-refractivity contribution in [3.63, 3.8) is 0 Å². The minimum Gasteiger partial charge on any atom is -0.380 e. The minimum absolute atomic E-state index is 0.194. The fourth-order valence-corrected chi connectivity index (χ4v) is 2.69. The molecule has 1 saturated heterocycles. The Bertz CT molecular complexity index is 566. The molecule has 1 aliphatic heterocycles. The zero-order chi connectivity index (χ0) is 14.8. The second-order valence-corrected chi connectivity index (χ2v) is 5.71. The van der Waals surface area contributed by atoms with Crippen LogP contribution < -0.4 is 0 Å².